The van der Waals surface area contributed by atoms with Gasteiger partial charge in [0.2, 0.25) is 15.7 Å². The summed E-state index contributed by atoms with van der Waals surface area (Å²) in [6.45, 7) is 17.5. The standard InChI is InChI=1S/C20H15NO5.C4H5ClO.2C3H3ClO.C3H4O2.I2/c1-2-21-26-10-7-8-12-14(9-10)25-20(23)18-15-11-5-3-4-6-13(11)24-19(22)17(15)16(12)18;1-3(2)4(5)6;3*1-2-3(4)5;1-2/h2-9,15-18,21H,1H2;1H2,2H3;2*2H,1H2;2H,1H2,(H,4,5);. The number of carboxylic acids is 1. The molecule has 2 aliphatic heterocycles. The Bertz CT molecular complexity index is 1540. The summed E-state index contributed by atoms with van der Waals surface area (Å²) in [7, 11) is 0. The zero-order valence-corrected chi connectivity index (χ0v) is 32.3. The molecular formula is C33H30Cl3I2NO10. The van der Waals surface area contributed by atoms with E-state index in [1.54, 1.807) is 25.1 Å². The Hall–Kier alpha value is -3.51. The summed E-state index contributed by atoms with van der Waals surface area (Å²) >= 11 is 18.5. The molecule has 0 bridgehead atoms. The monoisotopic (exact) mass is 959 g/mol. The van der Waals surface area contributed by atoms with Gasteiger partial charge in [0, 0.05) is 78.5 Å². The molecule has 16 heteroatoms. The minimum absolute atomic E-state index is 0.198. The molecule has 0 spiro atoms. The van der Waals surface area contributed by atoms with Crippen molar-refractivity contribution in [2.24, 2.45) is 11.8 Å². The Morgan fingerprint density at radius 3 is 1.59 bits per heavy atom. The van der Waals surface area contributed by atoms with E-state index < -0.39 is 21.7 Å². The number of nitrogens with one attached hydrogen (secondary N) is 1. The Kier molecular flexibility index (Phi) is 22.1. The van der Waals surface area contributed by atoms with Crippen LogP contribution in [-0.2, 0) is 28.8 Å². The molecule has 0 amide bonds. The van der Waals surface area contributed by atoms with Crippen LogP contribution in [0.1, 0.15) is 29.9 Å². The van der Waals surface area contributed by atoms with E-state index in [-0.39, 0.29) is 35.6 Å². The molecule has 4 unspecified atom stereocenters. The molecule has 2 heterocycles. The Morgan fingerprint density at radius 1 is 0.796 bits per heavy atom. The molecule has 11 nitrogen and oxygen atoms in total. The summed E-state index contributed by atoms with van der Waals surface area (Å²) in [6.07, 6.45) is 4.32. The maximum Gasteiger partial charge on any atom is 0.327 e. The van der Waals surface area contributed by atoms with Crippen LogP contribution >= 0.6 is 72.0 Å². The third kappa shape index (κ3) is 14.5. The molecule has 0 saturated heterocycles. The van der Waals surface area contributed by atoms with Gasteiger partial charge >= 0.3 is 17.9 Å². The first kappa shape index (κ1) is 45.5. The summed E-state index contributed by atoms with van der Waals surface area (Å²) in [5.41, 5.74) is 4.64. The summed E-state index contributed by atoms with van der Waals surface area (Å²) in [5, 5.41) is 6.12. The Morgan fingerprint density at radius 2 is 1.20 bits per heavy atom. The highest BCUT2D eigenvalue weighted by Gasteiger charge is 2.64. The van der Waals surface area contributed by atoms with Crippen molar-refractivity contribution < 1.29 is 48.2 Å². The van der Waals surface area contributed by atoms with Crippen molar-refractivity contribution >= 4 is 106 Å². The van der Waals surface area contributed by atoms with Crippen molar-refractivity contribution in [1.29, 1.82) is 0 Å². The van der Waals surface area contributed by atoms with Gasteiger partial charge in [-0.15, -0.1) is 0 Å². The van der Waals surface area contributed by atoms with Crippen molar-refractivity contribution in [3.8, 4) is 17.2 Å². The number of hydrogen-bond donors (Lipinski definition) is 2. The summed E-state index contributed by atoms with van der Waals surface area (Å²) in [6, 6.07) is 12.6. The quantitative estimate of drug-likeness (QED) is 0.0693. The number of aliphatic carboxylic acids is 1. The van der Waals surface area contributed by atoms with Crippen molar-refractivity contribution in [3.63, 3.8) is 0 Å². The van der Waals surface area contributed by atoms with Crippen molar-refractivity contribution in [3.05, 3.63) is 116 Å². The molecule has 1 fully saturated rings. The smallest absolute Gasteiger partial charge is 0.327 e. The lowest BCUT2D eigenvalue weighted by Gasteiger charge is -2.53. The highest BCUT2D eigenvalue weighted by molar-refractivity contribution is 15.0. The van der Waals surface area contributed by atoms with E-state index in [1.807, 2.05) is 24.3 Å². The maximum atomic E-state index is 12.7. The zero-order valence-electron chi connectivity index (χ0n) is 25.7. The fourth-order valence-electron chi connectivity index (χ4n) is 4.36. The molecule has 0 radical (unpaired) electrons. The minimum Gasteiger partial charge on any atom is -0.478 e. The third-order valence-corrected chi connectivity index (χ3v) is 6.86. The second-order valence-corrected chi connectivity index (χ2v) is 10.3. The van der Waals surface area contributed by atoms with Crippen LogP contribution in [0.2, 0.25) is 0 Å². The molecule has 1 aliphatic carbocycles. The number of hydrogen-bond acceptors (Lipinski definition) is 10. The van der Waals surface area contributed by atoms with Crippen molar-refractivity contribution in [1.82, 2.24) is 5.48 Å². The first-order valence-electron chi connectivity index (χ1n) is 13.3. The van der Waals surface area contributed by atoms with Crippen LogP contribution in [0.5, 0.6) is 17.2 Å². The lowest BCUT2D eigenvalue weighted by atomic mass is 9.51. The molecule has 2 aromatic carbocycles. The molecule has 2 aromatic rings. The first-order valence-corrected chi connectivity index (χ1v) is 20.7. The fourth-order valence-corrected chi connectivity index (χ4v) is 4.36. The molecule has 262 valence electrons. The van der Waals surface area contributed by atoms with Crippen LogP contribution in [0, 0.1) is 11.8 Å². The van der Waals surface area contributed by atoms with Gasteiger partial charge in [-0.2, -0.15) is 0 Å². The number of hydroxylamine groups is 1. The number of esters is 2. The fraction of sp³-hybridized carbons (Fsp3) is 0.152. The van der Waals surface area contributed by atoms with Gasteiger partial charge in [-0.3, -0.25) is 24.0 Å². The first-order chi connectivity index (χ1) is 23.1. The van der Waals surface area contributed by atoms with Gasteiger partial charge < -0.3 is 19.4 Å². The number of ether oxygens (including phenoxy) is 2. The minimum atomic E-state index is -0.981. The molecule has 0 aromatic heterocycles. The van der Waals surface area contributed by atoms with Crippen molar-refractivity contribution in [2.75, 3.05) is 0 Å². The van der Waals surface area contributed by atoms with E-state index in [4.69, 9.17) is 54.2 Å². The number of halogens is 5. The second kappa shape index (κ2) is 23.8. The number of carbonyl (C=O) groups excluding carboxylic acids is 5. The molecule has 3 aliphatic rings. The van der Waals surface area contributed by atoms with Crippen LogP contribution in [0.15, 0.2) is 105 Å². The van der Waals surface area contributed by atoms with Gasteiger partial charge in [-0.25, -0.2) is 10.3 Å². The lowest BCUT2D eigenvalue weighted by molar-refractivity contribution is -0.161. The molecule has 5 rings (SSSR count). The van der Waals surface area contributed by atoms with Crippen LogP contribution in [-0.4, -0.2) is 38.7 Å². The number of benzene rings is 2. The Labute approximate surface area is 321 Å². The highest BCUT2D eigenvalue weighted by Crippen LogP contribution is 2.64. The predicted molar refractivity (Wildman–Crippen MR) is 204 cm³/mol. The molecule has 2 N–H and O–H groups in total. The van der Waals surface area contributed by atoms with Gasteiger partial charge in [0.15, 0.2) is 5.75 Å². The number of allylic oxidation sites excluding steroid dienone is 3. The summed E-state index contributed by atoms with van der Waals surface area (Å²) < 4.78 is 11.1. The zero-order chi connectivity index (χ0) is 37.8. The third-order valence-electron chi connectivity index (χ3n) is 6.23. The SMILES string of the molecule is C=C(C)C(=O)Cl.C=CC(=O)Cl.C=CC(=O)Cl.C=CC(=O)O.C=CNOc1ccc2c(c1)OC(=O)C1C3c4ccccc4OC(=O)C3C21.II. The number of para-hydroxylation sites is 1. The van der Waals surface area contributed by atoms with Crippen LogP contribution in [0.25, 0.3) is 0 Å². The van der Waals surface area contributed by atoms with Crippen LogP contribution in [0.3, 0.4) is 0 Å². The number of carbonyl (C=O) groups is 6. The van der Waals surface area contributed by atoms with E-state index >= 15 is 0 Å². The average Bonchev–Trinajstić information content (AvgIpc) is 3.06. The number of carboxylic acid groups (broad SMARTS) is 1. The summed E-state index contributed by atoms with van der Waals surface area (Å²) in [5.74, 6) is -1.33. The van der Waals surface area contributed by atoms with Crippen molar-refractivity contribution in [2.45, 2.75) is 18.8 Å². The van der Waals surface area contributed by atoms with E-state index in [1.165, 1.54) is 6.20 Å². The topological polar surface area (TPSA) is 162 Å². The number of rotatable bonds is 7. The van der Waals surface area contributed by atoms with Gasteiger partial charge in [0.05, 0.1) is 11.8 Å². The molecule has 4 atom stereocenters. The highest BCUT2D eigenvalue weighted by atomic mass is 128. The lowest BCUT2D eigenvalue weighted by Crippen LogP contribution is -2.56. The predicted octanol–water partition coefficient (Wildman–Crippen LogP) is 7.90. The number of fused-ring (bicyclic) bond motifs is 8. The van der Waals surface area contributed by atoms with E-state index in [0.29, 0.717) is 22.8 Å². The van der Waals surface area contributed by atoms with E-state index in [0.717, 1.165) is 29.4 Å². The van der Waals surface area contributed by atoms with Gasteiger partial charge in [0.25, 0.3) is 0 Å². The average molecular weight is 961 g/mol. The Balaban J connectivity index is 0.000000823. The van der Waals surface area contributed by atoms with Crippen LogP contribution in [0.4, 0.5) is 0 Å². The maximum absolute atomic E-state index is 12.7. The largest absolute Gasteiger partial charge is 0.478 e. The van der Waals surface area contributed by atoms with Crippen LogP contribution < -0.4 is 19.8 Å². The molecular weight excluding hydrogens is 931 g/mol. The normalized spacial score (nSPS) is 17.6. The van der Waals surface area contributed by atoms with E-state index in [2.05, 4.69) is 75.6 Å². The van der Waals surface area contributed by atoms with Gasteiger partial charge in [0.1, 0.15) is 11.5 Å². The second-order valence-electron chi connectivity index (χ2n) is 9.22. The molecule has 1 saturated carbocycles. The van der Waals surface area contributed by atoms with Gasteiger partial charge in [-0.1, -0.05) is 57.2 Å². The van der Waals surface area contributed by atoms with Gasteiger partial charge in [-0.05, 0) is 71.6 Å². The summed E-state index contributed by atoms with van der Waals surface area (Å²) in [4.78, 5) is 68.5. The molecule has 49 heavy (non-hydrogen) atoms. The van der Waals surface area contributed by atoms with E-state index in [9.17, 15) is 28.8 Å².